The lowest BCUT2D eigenvalue weighted by Gasteiger charge is -2.38. The molecule has 3 N–H and O–H groups in total. The van der Waals surface area contributed by atoms with Crippen LogP contribution in [0.3, 0.4) is 0 Å². The molecule has 44 heavy (non-hydrogen) atoms. The van der Waals surface area contributed by atoms with Crippen molar-refractivity contribution < 1.29 is 35.6 Å². The van der Waals surface area contributed by atoms with Crippen LogP contribution in [0.25, 0.3) is 5.69 Å². The quantitative estimate of drug-likeness (QED) is 0.205. The van der Waals surface area contributed by atoms with Gasteiger partial charge >= 0.3 is 6.18 Å². The first-order valence-electron chi connectivity index (χ1n) is 13.5. The second kappa shape index (κ2) is 11.9. The maximum absolute atomic E-state index is 14.2. The first-order chi connectivity index (χ1) is 20.8. The highest BCUT2D eigenvalue weighted by Gasteiger charge is 2.46. The van der Waals surface area contributed by atoms with Crippen LogP contribution in [0.5, 0.6) is 0 Å². The number of hydrogen-bond acceptors (Lipinski definition) is 5. The van der Waals surface area contributed by atoms with Crippen LogP contribution in [0.2, 0.25) is 0 Å². The van der Waals surface area contributed by atoms with Crippen molar-refractivity contribution in [3.8, 4) is 5.69 Å². The minimum Gasteiger partial charge on any atom is -0.296 e. The fourth-order valence-corrected chi connectivity index (χ4v) is 5.84. The predicted molar refractivity (Wildman–Crippen MR) is 154 cm³/mol. The average Bonchev–Trinajstić information content (AvgIpc) is 3.36. The highest BCUT2D eigenvalue weighted by atomic mass is 32.2. The van der Waals surface area contributed by atoms with E-state index in [-0.39, 0.29) is 24.3 Å². The van der Waals surface area contributed by atoms with E-state index in [0.29, 0.717) is 22.6 Å². The minimum atomic E-state index is -4.68. The molecule has 0 bridgehead atoms. The Balaban J connectivity index is 1.71. The Kier molecular flexibility index (Phi) is 8.42. The monoisotopic (exact) mass is 629 g/mol. The lowest BCUT2D eigenvalue weighted by Crippen LogP contribution is -2.45. The molecule has 2 atom stereocenters. The normalized spacial score (nSPS) is 17.0. The van der Waals surface area contributed by atoms with Gasteiger partial charge < -0.3 is 0 Å². The first kappa shape index (κ1) is 31.0. The van der Waals surface area contributed by atoms with Gasteiger partial charge in [-0.25, -0.2) is 14.2 Å². The second-order valence-electron chi connectivity index (χ2n) is 10.2. The van der Waals surface area contributed by atoms with Gasteiger partial charge in [-0.3, -0.25) is 14.5 Å². The highest BCUT2D eigenvalue weighted by molar-refractivity contribution is 7.87. The SMILES string of the molecule is CCN1C(=O)[C@@H](CC(=O)c2cccc(C(F)(F)F)c2)[C@@H](c2ccc(F)cc2)c2c(CNS(N)(=O)=O)nn(-c3ccccc3)c21. The number of Topliss-reactive ketones (excluding diaryl/α,β-unsaturated/α-hetero) is 1. The molecule has 0 fully saturated rings. The molecule has 0 unspecified atom stereocenters. The minimum absolute atomic E-state index is 0.122. The summed E-state index contributed by atoms with van der Waals surface area (Å²) in [5.41, 5.74) is 0.313. The van der Waals surface area contributed by atoms with Crippen molar-refractivity contribution in [3.63, 3.8) is 0 Å². The number of ketones is 1. The van der Waals surface area contributed by atoms with Crippen LogP contribution >= 0.6 is 0 Å². The van der Waals surface area contributed by atoms with Crippen LogP contribution < -0.4 is 14.8 Å². The Morgan fingerprint density at radius 3 is 2.32 bits per heavy atom. The fourth-order valence-electron chi connectivity index (χ4n) is 5.51. The van der Waals surface area contributed by atoms with Crippen molar-refractivity contribution in [1.29, 1.82) is 0 Å². The number of hydrogen-bond donors (Lipinski definition) is 2. The summed E-state index contributed by atoms with van der Waals surface area (Å²) >= 11 is 0. The number of alkyl halides is 3. The number of fused-ring (bicyclic) bond motifs is 1. The molecule has 0 saturated heterocycles. The molecule has 1 aliphatic heterocycles. The molecule has 0 spiro atoms. The van der Waals surface area contributed by atoms with Crippen molar-refractivity contribution in [2.24, 2.45) is 11.1 Å². The number of carbonyl (C=O) groups excluding carboxylic acids is 2. The molecule has 14 heteroatoms. The van der Waals surface area contributed by atoms with Crippen LogP contribution in [0.4, 0.5) is 23.4 Å². The number of nitrogens with zero attached hydrogens (tertiary/aromatic N) is 3. The first-order valence-corrected chi connectivity index (χ1v) is 15.0. The third-order valence-corrected chi connectivity index (χ3v) is 7.98. The number of carbonyl (C=O) groups is 2. The maximum Gasteiger partial charge on any atom is 0.416 e. The zero-order chi connectivity index (χ0) is 31.8. The number of aromatic nitrogens is 2. The van der Waals surface area contributed by atoms with Gasteiger partial charge in [0.2, 0.25) is 5.91 Å². The van der Waals surface area contributed by atoms with Gasteiger partial charge in [0.05, 0.1) is 29.4 Å². The van der Waals surface area contributed by atoms with Gasteiger partial charge in [-0.15, -0.1) is 0 Å². The van der Waals surface area contributed by atoms with Crippen LogP contribution in [0.1, 0.15) is 52.0 Å². The summed E-state index contributed by atoms with van der Waals surface area (Å²) in [6, 6.07) is 17.9. The summed E-state index contributed by atoms with van der Waals surface area (Å²) in [4.78, 5) is 29.1. The molecule has 0 aliphatic carbocycles. The van der Waals surface area contributed by atoms with Crippen molar-refractivity contribution in [2.45, 2.75) is 32.0 Å². The molecule has 1 aliphatic rings. The number of nitrogens with one attached hydrogen (secondary N) is 1. The van der Waals surface area contributed by atoms with Crippen molar-refractivity contribution in [3.05, 3.63) is 113 Å². The van der Waals surface area contributed by atoms with E-state index in [0.717, 1.165) is 18.2 Å². The second-order valence-corrected chi connectivity index (χ2v) is 11.6. The number of halogens is 4. The molecule has 9 nitrogen and oxygen atoms in total. The molecule has 1 aromatic heterocycles. The van der Waals surface area contributed by atoms with E-state index in [9.17, 15) is 35.6 Å². The summed E-state index contributed by atoms with van der Waals surface area (Å²) in [5, 5.41) is 9.87. The number of amides is 1. The van der Waals surface area contributed by atoms with E-state index in [1.165, 1.54) is 39.9 Å². The predicted octanol–water partition coefficient (Wildman–Crippen LogP) is 4.71. The van der Waals surface area contributed by atoms with Gasteiger partial charge in [-0.2, -0.15) is 31.4 Å². The van der Waals surface area contributed by atoms with Gasteiger partial charge in [0.25, 0.3) is 10.2 Å². The molecular weight excluding hydrogens is 602 g/mol. The molecule has 3 aromatic carbocycles. The number of para-hydroxylation sites is 1. The number of anilines is 1. The summed E-state index contributed by atoms with van der Waals surface area (Å²) < 4.78 is 81.7. The Morgan fingerprint density at radius 1 is 1.02 bits per heavy atom. The molecular formula is C30H27F4N5O4S. The maximum atomic E-state index is 14.2. The van der Waals surface area contributed by atoms with Crippen LogP contribution in [0.15, 0.2) is 78.9 Å². The third kappa shape index (κ3) is 6.27. The smallest absolute Gasteiger partial charge is 0.296 e. The van der Waals surface area contributed by atoms with Gasteiger partial charge in [-0.1, -0.05) is 42.5 Å². The molecule has 4 aromatic rings. The average molecular weight is 630 g/mol. The van der Waals surface area contributed by atoms with Crippen molar-refractivity contribution >= 4 is 27.7 Å². The zero-order valence-electron chi connectivity index (χ0n) is 23.3. The summed E-state index contributed by atoms with van der Waals surface area (Å²) in [7, 11) is -4.18. The van der Waals surface area contributed by atoms with E-state index in [4.69, 9.17) is 5.14 Å². The summed E-state index contributed by atoms with van der Waals surface area (Å²) in [6.45, 7) is 1.45. The Bertz CT molecular complexity index is 1810. The largest absolute Gasteiger partial charge is 0.416 e. The zero-order valence-corrected chi connectivity index (χ0v) is 24.1. The summed E-state index contributed by atoms with van der Waals surface area (Å²) in [5.74, 6) is -3.56. The van der Waals surface area contributed by atoms with Crippen molar-refractivity contribution in [2.75, 3.05) is 11.4 Å². The standard InChI is InChI=1S/C30H27F4N5O4S/c1-2-38-28-27(24(17-36-44(35,42)43)37-39(28)22-9-4-3-5-10-22)26(18-11-13-21(31)14-12-18)23(29(38)41)16-25(40)19-7-6-8-20(15-19)30(32,33)34/h3-15,23,26,36H,2,16-17H2,1H3,(H2,35,42,43)/t23-,26+/m0/s1. The summed E-state index contributed by atoms with van der Waals surface area (Å²) in [6.07, 6.45) is -5.17. The lowest BCUT2D eigenvalue weighted by molar-refractivity contribution is -0.137. The van der Waals surface area contributed by atoms with Gasteiger partial charge in [0.15, 0.2) is 5.78 Å². The number of rotatable bonds is 9. The van der Waals surface area contributed by atoms with Crippen LogP contribution in [0, 0.1) is 11.7 Å². The van der Waals surface area contributed by atoms with Gasteiger partial charge in [0.1, 0.15) is 11.6 Å². The van der Waals surface area contributed by atoms with E-state index in [1.807, 2.05) is 0 Å². The molecule has 5 rings (SSSR count). The molecule has 230 valence electrons. The molecule has 0 saturated carbocycles. The van der Waals surface area contributed by atoms with E-state index in [1.54, 1.807) is 37.3 Å². The number of nitrogens with two attached hydrogens (primary N) is 1. The molecule has 1 amide bonds. The van der Waals surface area contributed by atoms with E-state index in [2.05, 4.69) is 9.82 Å². The number of benzene rings is 3. The van der Waals surface area contributed by atoms with Crippen LogP contribution in [-0.2, 0) is 27.7 Å². The van der Waals surface area contributed by atoms with Gasteiger partial charge in [0, 0.05) is 30.0 Å². The Morgan fingerprint density at radius 2 is 1.70 bits per heavy atom. The fraction of sp³-hybridized carbons (Fsp3) is 0.233. The van der Waals surface area contributed by atoms with E-state index >= 15 is 0 Å². The highest BCUT2D eigenvalue weighted by Crippen LogP contribution is 2.47. The Hall–Kier alpha value is -4.40. The van der Waals surface area contributed by atoms with Crippen LogP contribution in [-0.4, -0.2) is 36.4 Å². The molecule has 0 radical (unpaired) electrons. The third-order valence-electron chi connectivity index (χ3n) is 7.43. The van der Waals surface area contributed by atoms with E-state index < -0.39 is 57.7 Å². The topological polar surface area (TPSA) is 127 Å². The van der Waals surface area contributed by atoms with Gasteiger partial charge in [-0.05, 0) is 48.9 Å². The Labute approximate surface area is 250 Å². The molecule has 2 heterocycles. The lowest BCUT2D eigenvalue weighted by atomic mass is 9.74. The van der Waals surface area contributed by atoms with Crippen molar-refractivity contribution in [1.82, 2.24) is 14.5 Å².